The predicted molar refractivity (Wildman–Crippen MR) is 194 cm³/mol. The molecule has 0 aliphatic heterocycles. The first kappa shape index (κ1) is 37.6. The highest BCUT2D eigenvalue weighted by molar-refractivity contribution is 5.96. The SMILES string of the molecule is COc1ccc(C(=O)N[C@@H](Cc2ccccc2)[C@@H](O)C[C@@H](Cc2ccc(-c3ccccn3)cc2)NC(=O)[C@@H](N(C)C(=O)O)C(C)(C)C)c(C)c1. The number of methoxy groups -OCH3 is 1. The number of amides is 3. The van der Waals surface area contributed by atoms with Crippen LogP contribution >= 0.6 is 0 Å². The molecule has 10 heteroatoms. The van der Waals surface area contributed by atoms with Crippen LogP contribution < -0.4 is 15.4 Å². The fourth-order valence-electron chi connectivity index (χ4n) is 6.23. The highest BCUT2D eigenvalue weighted by atomic mass is 16.5. The number of benzene rings is 3. The summed E-state index contributed by atoms with van der Waals surface area (Å²) in [6, 6.07) is 26.0. The molecule has 3 aromatic carbocycles. The third-order valence-corrected chi connectivity index (χ3v) is 8.78. The number of aliphatic hydroxyl groups is 1. The van der Waals surface area contributed by atoms with Gasteiger partial charge in [-0.15, -0.1) is 0 Å². The molecule has 4 aromatic rings. The van der Waals surface area contributed by atoms with Gasteiger partial charge in [0, 0.05) is 30.4 Å². The second-order valence-corrected chi connectivity index (χ2v) is 13.7. The van der Waals surface area contributed by atoms with Gasteiger partial charge in [-0.05, 0) is 78.6 Å². The molecule has 264 valence electrons. The summed E-state index contributed by atoms with van der Waals surface area (Å²) in [6.45, 7) is 7.25. The lowest BCUT2D eigenvalue weighted by Crippen LogP contribution is -2.57. The number of ether oxygens (including phenoxy) is 1. The monoisotopic (exact) mass is 680 g/mol. The quantitative estimate of drug-likeness (QED) is 0.130. The molecule has 4 N–H and O–H groups in total. The number of aliphatic hydroxyl groups excluding tert-OH is 1. The number of pyridine rings is 1. The van der Waals surface area contributed by atoms with E-state index in [4.69, 9.17) is 4.74 Å². The van der Waals surface area contributed by atoms with Crippen LogP contribution in [0.15, 0.2) is 97.2 Å². The van der Waals surface area contributed by atoms with Crippen LogP contribution in [0.1, 0.15) is 54.2 Å². The Balaban J connectivity index is 1.64. The van der Waals surface area contributed by atoms with Crippen LogP contribution in [-0.4, -0.2) is 76.4 Å². The van der Waals surface area contributed by atoms with E-state index >= 15 is 0 Å². The molecule has 3 amide bonds. The van der Waals surface area contributed by atoms with Crippen molar-refractivity contribution in [2.24, 2.45) is 5.41 Å². The molecule has 0 radical (unpaired) electrons. The first-order chi connectivity index (χ1) is 23.8. The third kappa shape index (κ3) is 10.1. The summed E-state index contributed by atoms with van der Waals surface area (Å²) in [4.78, 5) is 44.9. The largest absolute Gasteiger partial charge is 0.497 e. The number of carbonyl (C=O) groups is 3. The van der Waals surface area contributed by atoms with Crippen LogP contribution in [0.3, 0.4) is 0 Å². The molecular weight excluding hydrogens is 632 g/mol. The summed E-state index contributed by atoms with van der Waals surface area (Å²) >= 11 is 0. The minimum atomic E-state index is -1.22. The average molecular weight is 681 g/mol. The molecule has 50 heavy (non-hydrogen) atoms. The van der Waals surface area contributed by atoms with Gasteiger partial charge in [-0.25, -0.2) is 4.79 Å². The van der Waals surface area contributed by atoms with Crippen molar-refractivity contribution in [1.29, 1.82) is 0 Å². The zero-order chi connectivity index (χ0) is 36.4. The third-order valence-electron chi connectivity index (χ3n) is 8.78. The molecule has 1 aromatic heterocycles. The topological polar surface area (TPSA) is 141 Å². The lowest BCUT2D eigenvalue weighted by molar-refractivity contribution is -0.129. The molecule has 10 nitrogen and oxygen atoms in total. The second-order valence-electron chi connectivity index (χ2n) is 13.7. The molecular formula is C40H48N4O6. The van der Waals surface area contributed by atoms with Crippen LogP contribution in [0.25, 0.3) is 11.3 Å². The molecule has 0 saturated carbocycles. The van der Waals surface area contributed by atoms with Crippen molar-refractivity contribution in [2.75, 3.05) is 14.2 Å². The van der Waals surface area contributed by atoms with Crippen molar-refractivity contribution in [2.45, 2.75) is 71.2 Å². The number of aromatic nitrogens is 1. The fourth-order valence-corrected chi connectivity index (χ4v) is 6.23. The second kappa shape index (κ2) is 16.9. The maximum Gasteiger partial charge on any atom is 0.407 e. The van der Waals surface area contributed by atoms with Gasteiger partial charge < -0.3 is 25.6 Å². The Labute approximate surface area is 294 Å². The molecule has 0 saturated heterocycles. The zero-order valence-electron chi connectivity index (χ0n) is 29.6. The van der Waals surface area contributed by atoms with Crippen LogP contribution in [0.5, 0.6) is 5.75 Å². The van der Waals surface area contributed by atoms with Gasteiger partial charge in [0.2, 0.25) is 5.91 Å². The van der Waals surface area contributed by atoms with Gasteiger partial charge in [-0.2, -0.15) is 0 Å². The van der Waals surface area contributed by atoms with Gasteiger partial charge in [-0.1, -0.05) is 81.4 Å². The average Bonchev–Trinajstić information content (AvgIpc) is 3.08. The van der Waals surface area contributed by atoms with Crippen molar-refractivity contribution in [3.05, 3.63) is 119 Å². The highest BCUT2D eigenvalue weighted by Gasteiger charge is 2.38. The molecule has 0 spiro atoms. The normalized spacial score (nSPS) is 13.7. The molecule has 4 rings (SSSR count). The van der Waals surface area contributed by atoms with E-state index in [1.54, 1.807) is 31.5 Å². The number of nitrogens with zero attached hydrogens (tertiary/aromatic N) is 2. The van der Waals surface area contributed by atoms with Crippen LogP contribution in [0.2, 0.25) is 0 Å². The highest BCUT2D eigenvalue weighted by Crippen LogP contribution is 2.26. The van der Waals surface area contributed by atoms with E-state index < -0.39 is 41.6 Å². The first-order valence-corrected chi connectivity index (χ1v) is 16.7. The molecule has 0 fully saturated rings. The molecule has 0 aliphatic carbocycles. The Bertz CT molecular complexity index is 1720. The van der Waals surface area contributed by atoms with Gasteiger partial charge in [0.25, 0.3) is 5.91 Å². The van der Waals surface area contributed by atoms with E-state index in [0.717, 1.165) is 32.8 Å². The summed E-state index contributed by atoms with van der Waals surface area (Å²) < 4.78 is 5.30. The van der Waals surface area contributed by atoms with Gasteiger partial charge in [0.15, 0.2) is 0 Å². The molecule has 0 unspecified atom stereocenters. The Kier molecular flexibility index (Phi) is 12.7. The Morgan fingerprint density at radius 3 is 2.12 bits per heavy atom. The smallest absolute Gasteiger partial charge is 0.407 e. The van der Waals surface area contributed by atoms with Gasteiger partial charge in [0.1, 0.15) is 11.8 Å². The summed E-state index contributed by atoms with van der Waals surface area (Å²) in [5.41, 5.74) is 4.05. The number of nitrogens with one attached hydrogen (secondary N) is 2. The molecule has 1 heterocycles. The lowest BCUT2D eigenvalue weighted by atomic mass is 9.84. The number of likely N-dealkylation sites (N-methyl/N-ethyl adjacent to an activating group) is 1. The van der Waals surface area contributed by atoms with Crippen molar-refractivity contribution in [3.8, 4) is 17.0 Å². The summed E-state index contributed by atoms with van der Waals surface area (Å²) in [5, 5.41) is 27.8. The minimum absolute atomic E-state index is 0.0841. The van der Waals surface area contributed by atoms with Crippen molar-refractivity contribution < 1.29 is 29.3 Å². The van der Waals surface area contributed by atoms with Gasteiger partial charge >= 0.3 is 6.09 Å². The maximum absolute atomic E-state index is 13.9. The number of rotatable bonds is 14. The van der Waals surface area contributed by atoms with E-state index in [2.05, 4.69) is 15.6 Å². The lowest BCUT2D eigenvalue weighted by Gasteiger charge is -2.37. The standard InChI is InChI=1S/C40H48N4O6/c1-26-22-31(50-6)19-20-32(26)37(46)43-34(24-27-12-8-7-9-13-27)35(45)25-30(42-38(47)36(40(2,3)4)44(5)39(48)49)23-28-15-17-29(18-16-28)33-14-10-11-21-41-33/h7-22,30,34-36,45H,23-25H2,1-6H3,(H,42,47)(H,43,46)(H,48,49)/t30-,34+,35+,36-/m1/s1. The zero-order valence-corrected chi connectivity index (χ0v) is 29.6. The molecule has 0 bridgehead atoms. The van der Waals surface area contributed by atoms with Crippen molar-refractivity contribution >= 4 is 17.9 Å². The summed E-state index contributed by atoms with van der Waals surface area (Å²) in [6.07, 6.45) is 0.205. The maximum atomic E-state index is 13.9. The number of aryl methyl sites for hydroxylation is 1. The Morgan fingerprint density at radius 2 is 1.54 bits per heavy atom. The van der Waals surface area contributed by atoms with Crippen molar-refractivity contribution in [1.82, 2.24) is 20.5 Å². The first-order valence-electron chi connectivity index (χ1n) is 16.7. The minimum Gasteiger partial charge on any atom is -0.497 e. The van der Waals surface area contributed by atoms with Crippen LogP contribution in [-0.2, 0) is 17.6 Å². The van der Waals surface area contributed by atoms with Crippen LogP contribution in [0, 0.1) is 12.3 Å². The number of carboxylic acid groups (broad SMARTS) is 1. The van der Waals surface area contributed by atoms with Gasteiger partial charge in [-0.3, -0.25) is 19.5 Å². The fraction of sp³-hybridized carbons (Fsp3) is 0.350. The summed E-state index contributed by atoms with van der Waals surface area (Å²) in [7, 11) is 2.94. The van der Waals surface area contributed by atoms with E-state index in [1.807, 2.05) is 100 Å². The number of hydrogen-bond donors (Lipinski definition) is 4. The van der Waals surface area contributed by atoms with E-state index in [9.17, 15) is 24.6 Å². The number of carbonyl (C=O) groups excluding carboxylic acids is 2. The molecule has 4 atom stereocenters. The van der Waals surface area contributed by atoms with E-state index in [0.29, 0.717) is 24.2 Å². The van der Waals surface area contributed by atoms with Crippen molar-refractivity contribution in [3.63, 3.8) is 0 Å². The molecule has 0 aliphatic rings. The van der Waals surface area contributed by atoms with E-state index in [-0.39, 0.29) is 12.3 Å². The predicted octanol–water partition coefficient (Wildman–Crippen LogP) is 5.91. The van der Waals surface area contributed by atoms with Crippen LogP contribution in [0.4, 0.5) is 4.79 Å². The van der Waals surface area contributed by atoms with E-state index in [1.165, 1.54) is 7.05 Å². The van der Waals surface area contributed by atoms with Gasteiger partial charge in [0.05, 0.1) is 24.9 Å². The Morgan fingerprint density at radius 1 is 0.880 bits per heavy atom. The Hall–Kier alpha value is -5.22. The number of hydrogen-bond acceptors (Lipinski definition) is 6. The summed E-state index contributed by atoms with van der Waals surface area (Å²) in [5.74, 6) is -0.178.